The molecule has 6 heteroatoms. The number of hydrogen-bond acceptors (Lipinski definition) is 4. The fraction of sp³-hybridized carbons (Fsp3) is 0.611. The summed E-state index contributed by atoms with van der Waals surface area (Å²) in [6.45, 7) is 0.466. The maximum atomic E-state index is 12.2. The number of carbonyl (C=O) groups is 1. The molecule has 0 saturated heterocycles. The number of rotatable bonds is 4. The van der Waals surface area contributed by atoms with Gasteiger partial charge in [0.05, 0.1) is 17.1 Å². The average molecular weight is 350 g/mol. The summed E-state index contributed by atoms with van der Waals surface area (Å²) in [7, 11) is -4.24. The lowest BCUT2D eigenvalue weighted by Gasteiger charge is -2.54. The van der Waals surface area contributed by atoms with Crippen LogP contribution in [-0.2, 0) is 14.9 Å². The van der Waals surface area contributed by atoms with Gasteiger partial charge in [-0.2, -0.15) is 8.42 Å². The van der Waals surface area contributed by atoms with Crippen LogP contribution in [-0.4, -0.2) is 25.5 Å². The van der Waals surface area contributed by atoms with Crippen molar-refractivity contribution >= 4 is 16.1 Å². The molecule has 4 aliphatic rings. The molecular weight excluding hydrogens is 328 g/mol. The largest absolute Gasteiger partial charge is 0.462 e. The summed E-state index contributed by atoms with van der Waals surface area (Å²) in [4.78, 5) is 12.0. The topological polar surface area (TPSA) is 80.7 Å². The molecule has 0 heterocycles. The quantitative estimate of drug-likeness (QED) is 0.666. The Bertz CT molecular complexity index is 709. The molecule has 130 valence electrons. The summed E-state index contributed by atoms with van der Waals surface area (Å²) in [5, 5.41) is 0. The smallest absolute Gasteiger partial charge is 0.338 e. The minimum absolute atomic E-state index is 0.222. The Morgan fingerprint density at radius 3 is 2.04 bits per heavy atom. The van der Waals surface area contributed by atoms with Gasteiger partial charge in [0.25, 0.3) is 10.1 Å². The van der Waals surface area contributed by atoms with E-state index in [2.05, 4.69) is 0 Å². The summed E-state index contributed by atoms with van der Waals surface area (Å²) in [5.41, 5.74) is 0.311. The standard InChI is InChI=1S/C18H22O5S/c19-18(13-1-3-16(4-2-13)24(20,21)22)23-10-17-14-6-11-5-12(8-14)9-15(17)7-11/h1-4,11-12,14-15,17H,5-10H2,(H,20,21,22). The van der Waals surface area contributed by atoms with Gasteiger partial charge >= 0.3 is 5.97 Å². The Hall–Kier alpha value is -1.40. The molecule has 0 radical (unpaired) electrons. The third-order valence-corrected chi connectivity index (χ3v) is 7.08. The van der Waals surface area contributed by atoms with Gasteiger partial charge in [0.15, 0.2) is 0 Å². The molecule has 1 aromatic carbocycles. The zero-order valence-electron chi connectivity index (χ0n) is 13.4. The van der Waals surface area contributed by atoms with Crippen molar-refractivity contribution in [3.8, 4) is 0 Å². The van der Waals surface area contributed by atoms with E-state index in [-0.39, 0.29) is 4.90 Å². The molecule has 0 spiro atoms. The maximum absolute atomic E-state index is 12.2. The second-order valence-corrected chi connectivity index (χ2v) is 9.11. The van der Waals surface area contributed by atoms with Crippen molar-refractivity contribution in [3.05, 3.63) is 29.8 Å². The highest BCUT2D eigenvalue weighted by molar-refractivity contribution is 7.85. The van der Waals surface area contributed by atoms with E-state index in [1.807, 2.05) is 0 Å². The van der Waals surface area contributed by atoms with E-state index in [0.717, 1.165) is 11.8 Å². The van der Waals surface area contributed by atoms with Crippen molar-refractivity contribution in [3.63, 3.8) is 0 Å². The third-order valence-electron chi connectivity index (χ3n) is 6.22. The molecular formula is C18H22O5S. The van der Waals surface area contributed by atoms with Crippen molar-refractivity contribution in [2.24, 2.45) is 29.6 Å². The lowest BCUT2D eigenvalue weighted by atomic mass is 9.52. The molecule has 0 aromatic heterocycles. The van der Waals surface area contributed by atoms with Crippen LogP contribution in [0.2, 0.25) is 0 Å². The van der Waals surface area contributed by atoms with E-state index in [1.54, 1.807) is 0 Å². The normalized spacial score (nSPS) is 34.3. The number of ether oxygens (including phenoxy) is 1. The van der Waals surface area contributed by atoms with Crippen LogP contribution < -0.4 is 0 Å². The predicted molar refractivity (Wildman–Crippen MR) is 87.1 cm³/mol. The van der Waals surface area contributed by atoms with E-state index in [9.17, 15) is 13.2 Å². The molecule has 4 saturated carbocycles. The Morgan fingerprint density at radius 2 is 1.54 bits per heavy atom. The van der Waals surface area contributed by atoms with Crippen LogP contribution in [0.15, 0.2) is 29.2 Å². The van der Waals surface area contributed by atoms with Crippen LogP contribution in [0.1, 0.15) is 42.5 Å². The second kappa shape index (κ2) is 5.85. The average Bonchev–Trinajstić information content (AvgIpc) is 2.52. The lowest BCUT2D eigenvalue weighted by Crippen LogP contribution is -2.46. The van der Waals surface area contributed by atoms with Crippen LogP contribution in [0.4, 0.5) is 0 Å². The molecule has 0 amide bonds. The minimum atomic E-state index is -4.24. The van der Waals surface area contributed by atoms with Crippen LogP contribution in [0.25, 0.3) is 0 Å². The second-order valence-electron chi connectivity index (χ2n) is 7.69. The summed E-state index contributed by atoms with van der Waals surface area (Å²) in [5.74, 6) is 3.26. The number of hydrogen-bond donors (Lipinski definition) is 1. The van der Waals surface area contributed by atoms with Crippen molar-refractivity contribution in [1.29, 1.82) is 0 Å². The first-order chi connectivity index (χ1) is 11.4. The van der Waals surface area contributed by atoms with Gasteiger partial charge in [-0.1, -0.05) is 0 Å². The van der Waals surface area contributed by atoms with Crippen molar-refractivity contribution in [1.82, 2.24) is 0 Å². The molecule has 5 rings (SSSR count). The lowest BCUT2D eigenvalue weighted by molar-refractivity contribution is -0.0622. The van der Waals surface area contributed by atoms with E-state index < -0.39 is 16.1 Å². The highest BCUT2D eigenvalue weighted by atomic mass is 32.2. The highest BCUT2D eigenvalue weighted by Crippen LogP contribution is 2.56. The van der Waals surface area contributed by atoms with Gasteiger partial charge in [-0.05, 0) is 86.0 Å². The van der Waals surface area contributed by atoms with E-state index in [1.165, 1.54) is 56.4 Å². The highest BCUT2D eigenvalue weighted by Gasteiger charge is 2.48. The minimum Gasteiger partial charge on any atom is -0.462 e. The van der Waals surface area contributed by atoms with Gasteiger partial charge in [-0.25, -0.2) is 4.79 Å². The Labute approximate surface area is 142 Å². The monoisotopic (exact) mass is 350 g/mol. The molecule has 5 nitrogen and oxygen atoms in total. The predicted octanol–water partition coefficient (Wildman–Crippen LogP) is 3.16. The van der Waals surface area contributed by atoms with Gasteiger partial charge in [-0.15, -0.1) is 0 Å². The van der Waals surface area contributed by atoms with Crippen LogP contribution >= 0.6 is 0 Å². The van der Waals surface area contributed by atoms with E-state index >= 15 is 0 Å². The molecule has 1 N–H and O–H groups in total. The molecule has 0 atom stereocenters. The van der Waals surface area contributed by atoms with E-state index in [4.69, 9.17) is 9.29 Å². The van der Waals surface area contributed by atoms with Crippen LogP contribution in [0.5, 0.6) is 0 Å². The first-order valence-corrected chi connectivity index (χ1v) is 10.1. The van der Waals surface area contributed by atoms with Gasteiger partial charge in [-0.3, -0.25) is 4.55 Å². The number of benzene rings is 1. The first kappa shape index (κ1) is 16.1. The SMILES string of the molecule is O=C(OCC1C2CC3CC(C2)CC1C3)c1ccc(S(=O)(=O)O)cc1. The zero-order valence-corrected chi connectivity index (χ0v) is 14.2. The van der Waals surface area contributed by atoms with Gasteiger partial charge in [0.2, 0.25) is 0 Å². The number of esters is 1. The third kappa shape index (κ3) is 2.97. The van der Waals surface area contributed by atoms with Gasteiger partial charge < -0.3 is 4.74 Å². The zero-order chi connectivity index (χ0) is 16.9. The first-order valence-electron chi connectivity index (χ1n) is 8.65. The fourth-order valence-corrected chi connectivity index (χ4v) is 5.81. The van der Waals surface area contributed by atoms with Crippen molar-refractivity contribution in [2.45, 2.75) is 37.0 Å². The molecule has 4 bridgehead atoms. The summed E-state index contributed by atoms with van der Waals surface area (Å²) in [6, 6.07) is 5.19. The molecule has 24 heavy (non-hydrogen) atoms. The van der Waals surface area contributed by atoms with Crippen LogP contribution in [0, 0.1) is 29.6 Å². The number of carbonyl (C=O) groups excluding carboxylic acids is 1. The van der Waals surface area contributed by atoms with Crippen molar-refractivity contribution in [2.75, 3.05) is 6.61 Å². The van der Waals surface area contributed by atoms with E-state index in [0.29, 0.717) is 29.9 Å². The Balaban J connectivity index is 1.38. The molecule has 1 aromatic rings. The van der Waals surface area contributed by atoms with Crippen molar-refractivity contribution < 1.29 is 22.5 Å². The maximum Gasteiger partial charge on any atom is 0.338 e. The molecule has 0 aliphatic heterocycles. The molecule has 0 unspecified atom stereocenters. The molecule has 4 fully saturated rings. The summed E-state index contributed by atoms with van der Waals surface area (Å²) >= 11 is 0. The Morgan fingerprint density at radius 1 is 1.00 bits per heavy atom. The van der Waals surface area contributed by atoms with Gasteiger partial charge in [0.1, 0.15) is 0 Å². The van der Waals surface area contributed by atoms with Crippen LogP contribution in [0.3, 0.4) is 0 Å². The molecule has 4 aliphatic carbocycles. The summed E-state index contributed by atoms with van der Waals surface area (Å²) in [6.07, 6.45) is 6.56. The Kier molecular flexibility index (Phi) is 3.92. The fourth-order valence-electron chi connectivity index (χ4n) is 5.33. The summed E-state index contributed by atoms with van der Waals surface area (Å²) < 4.78 is 36.5. The van der Waals surface area contributed by atoms with Gasteiger partial charge in [0, 0.05) is 0 Å².